The van der Waals surface area contributed by atoms with E-state index in [2.05, 4.69) is 5.32 Å². The van der Waals surface area contributed by atoms with E-state index in [0.717, 1.165) is 0 Å². The van der Waals surface area contributed by atoms with Crippen LogP contribution in [0.3, 0.4) is 0 Å². The van der Waals surface area contributed by atoms with Gasteiger partial charge in [-0.15, -0.1) is 0 Å². The van der Waals surface area contributed by atoms with Crippen LogP contribution in [0.15, 0.2) is 48.5 Å². The number of hydrogen-bond acceptors (Lipinski definition) is 3. The summed E-state index contributed by atoms with van der Waals surface area (Å²) < 4.78 is 5.53. The first kappa shape index (κ1) is 15.9. The van der Waals surface area contributed by atoms with E-state index in [1.54, 1.807) is 55.5 Å². The summed E-state index contributed by atoms with van der Waals surface area (Å²) in [6, 6.07) is 13.2. The third-order valence-electron chi connectivity index (χ3n) is 2.94. The van der Waals surface area contributed by atoms with E-state index in [1.807, 2.05) is 0 Å². The highest BCUT2D eigenvalue weighted by Gasteiger charge is 2.17. The Balaban J connectivity index is 2.05. The second-order valence-corrected chi connectivity index (χ2v) is 5.05. The van der Waals surface area contributed by atoms with Crippen molar-refractivity contribution in [2.75, 3.05) is 5.32 Å². The zero-order chi connectivity index (χ0) is 16.1. The highest BCUT2D eigenvalue weighted by Crippen LogP contribution is 2.19. The van der Waals surface area contributed by atoms with Crippen molar-refractivity contribution >= 4 is 29.1 Å². The Hall–Kier alpha value is -2.53. The highest BCUT2D eigenvalue weighted by molar-refractivity contribution is 6.30. The molecule has 0 heterocycles. The van der Waals surface area contributed by atoms with E-state index >= 15 is 0 Å². The van der Waals surface area contributed by atoms with Gasteiger partial charge in [-0.1, -0.05) is 23.7 Å². The lowest BCUT2D eigenvalue weighted by Gasteiger charge is -2.16. The van der Waals surface area contributed by atoms with Crippen molar-refractivity contribution < 1.29 is 14.3 Å². The fourth-order valence-electron chi connectivity index (χ4n) is 1.79. The van der Waals surface area contributed by atoms with Gasteiger partial charge in [0.05, 0.1) is 5.56 Å². The first-order chi connectivity index (χ1) is 10.5. The molecule has 3 N–H and O–H groups in total. The molecule has 2 rings (SSSR count). The van der Waals surface area contributed by atoms with E-state index in [1.165, 1.54) is 0 Å². The molecule has 0 aliphatic carbocycles. The third-order valence-corrected chi connectivity index (χ3v) is 3.19. The van der Waals surface area contributed by atoms with Crippen LogP contribution < -0.4 is 15.8 Å². The van der Waals surface area contributed by atoms with E-state index in [9.17, 15) is 9.59 Å². The molecule has 0 aliphatic heterocycles. The molecule has 0 fully saturated rings. The van der Waals surface area contributed by atoms with Gasteiger partial charge < -0.3 is 15.8 Å². The van der Waals surface area contributed by atoms with Crippen molar-refractivity contribution in [3.63, 3.8) is 0 Å². The van der Waals surface area contributed by atoms with Crippen molar-refractivity contribution in [2.45, 2.75) is 13.0 Å². The van der Waals surface area contributed by atoms with Crippen LogP contribution in [0.1, 0.15) is 17.3 Å². The Bertz CT molecular complexity index is 686. The second kappa shape index (κ2) is 6.95. The lowest BCUT2D eigenvalue weighted by atomic mass is 10.2. The molecule has 0 aliphatic rings. The molecule has 2 aromatic carbocycles. The number of benzene rings is 2. The van der Waals surface area contributed by atoms with Crippen LogP contribution in [0.4, 0.5) is 5.69 Å². The fourth-order valence-corrected chi connectivity index (χ4v) is 1.92. The topological polar surface area (TPSA) is 81.4 Å². The second-order valence-electron chi connectivity index (χ2n) is 4.62. The number of nitrogens with two attached hydrogens (primary N) is 1. The van der Waals surface area contributed by atoms with Crippen molar-refractivity contribution in [3.8, 4) is 5.75 Å². The molecule has 22 heavy (non-hydrogen) atoms. The molecular formula is C16H15ClN2O3. The zero-order valence-electron chi connectivity index (χ0n) is 11.9. The minimum absolute atomic E-state index is 0.230. The summed E-state index contributed by atoms with van der Waals surface area (Å²) in [5.74, 6) is -0.684. The number of carbonyl (C=O) groups is 2. The maximum Gasteiger partial charge on any atom is 0.265 e. The van der Waals surface area contributed by atoms with E-state index in [0.29, 0.717) is 10.7 Å². The van der Waals surface area contributed by atoms with Gasteiger partial charge >= 0.3 is 0 Å². The molecule has 6 heteroatoms. The monoisotopic (exact) mass is 318 g/mol. The van der Waals surface area contributed by atoms with Gasteiger partial charge in [0.15, 0.2) is 6.10 Å². The quantitative estimate of drug-likeness (QED) is 0.889. The van der Waals surface area contributed by atoms with Gasteiger partial charge in [0, 0.05) is 10.7 Å². The highest BCUT2D eigenvalue weighted by atomic mass is 35.5. The van der Waals surface area contributed by atoms with Crippen LogP contribution in [-0.4, -0.2) is 17.9 Å². The van der Waals surface area contributed by atoms with E-state index in [4.69, 9.17) is 22.1 Å². The number of primary amides is 1. The van der Waals surface area contributed by atoms with Crippen molar-refractivity contribution in [1.82, 2.24) is 0 Å². The van der Waals surface area contributed by atoms with Gasteiger partial charge in [0.2, 0.25) is 0 Å². The number of hydrogen-bond donors (Lipinski definition) is 2. The maximum atomic E-state index is 12.1. The molecule has 1 atom stereocenters. The van der Waals surface area contributed by atoms with Gasteiger partial charge in [0.25, 0.3) is 11.8 Å². The Morgan fingerprint density at radius 1 is 1.14 bits per heavy atom. The van der Waals surface area contributed by atoms with E-state index in [-0.39, 0.29) is 17.2 Å². The number of ether oxygens (including phenoxy) is 1. The van der Waals surface area contributed by atoms with Crippen LogP contribution >= 0.6 is 11.6 Å². The van der Waals surface area contributed by atoms with Crippen molar-refractivity contribution in [3.05, 3.63) is 59.1 Å². The standard InChI is InChI=1S/C16H15ClN2O3/c1-10(16(21)19-12-8-6-11(17)7-9-12)22-14-5-3-2-4-13(14)15(18)20/h2-10H,1H3,(H2,18,20)(H,19,21). The first-order valence-electron chi connectivity index (χ1n) is 6.59. The number of nitrogens with one attached hydrogen (secondary N) is 1. The average Bonchev–Trinajstić information content (AvgIpc) is 2.49. The lowest BCUT2D eigenvalue weighted by Crippen LogP contribution is -2.30. The number of carbonyl (C=O) groups excluding carboxylic acids is 2. The minimum atomic E-state index is -0.795. The summed E-state index contributed by atoms with van der Waals surface area (Å²) >= 11 is 5.78. The predicted molar refractivity (Wildman–Crippen MR) is 85.1 cm³/mol. The van der Waals surface area contributed by atoms with Gasteiger partial charge in [0.1, 0.15) is 5.75 Å². The van der Waals surface area contributed by atoms with Crippen LogP contribution in [-0.2, 0) is 4.79 Å². The molecule has 2 aromatic rings. The Morgan fingerprint density at radius 2 is 1.77 bits per heavy atom. The molecule has 5 nitrogen and oxygen atoms in total. The first-order valence-corrected chi connectivity index (χ1v) is 6.97. The molecule has 0 spiro atoms. The van der Waals surface area contributed by atoms with Crippen LogP contribution in [0.2, 0.25) is 5.02 Å². The molecule has 0 saturated carbocycles. The molecule has 2 amide bonds. The Morgan fingerprint density at radius 3 is 2.41 bits per heavy atom. The Labute approximate surface area is 133 Å². The number of rotatable bonds is 5. The number of anilines is 1. The summed E-state index contributed by atoms with van der Waals surface area (Å²) in [6.45, 7) is 1.59. The summed E-state index contributed by atoms with van der Waals surface area (Å²) in [5, 5.41) is 3.28. The molecule has 0 bridgehead atoms. The van der Waals surface area contributed by atoms with Gasteiger partial charge in [-0.3, -0.25) is 9.59 Å². The summed E-state index contributed by atoms with van der Waals surface area (Å²) in [6.07, 6.45) is -0.795. The summed E-state index contributed by atoms with van der Waals surface area (Å²) in [5.41, 5.74) is 6.11. The van der Waals surface area contributed by atoms with Crippen LogP contribution in [0.25, 0.3) is 0 Å². The molecule has 0 radical (unpaired) electrons. The van der Waals surface area contributed by atoms with Crippen molar-refractivity contribution in [1.29, 1.82) is 0 Å². The molecule has 0 saturated heterocycles. The smallest absolute Gasteiger partial charge is 0.265 e. The molecular weight excluding hydrogens is 304 g/mol. The van der Waals surface area contributed by atoms with E-state index < -0.39 is 12.0 Å². The van der Waals surface area contributed by atoms with Gasteiger partial charge in [-0.05, 0) is 43.3 Å². The normalized spacial score (nSPS) is 11.5. The zero-order valence-corrected chi connectivity index (χ0v) is 12.6. The molecule has 1 unspecified atom stereocenters. The average molecular weight is 319 g/mol. The number of amides is 2. The molecule has 114 valence electrons. The summed E-state index contributed by atoms with van der Waals surface area (Å²) in [7, 11) is 0. The third kappa shape index (κ3) is 3.99. The minimum Gasteiger partial charge on any atom is -0.480 e. The number of para-hydroxylation sites is 1. The van der Waals surface area contributed by atoms with Crippen LogP contribution in [0.5, 0.6) is 5.75 Å². The largest absolute Gasteiger partial charge is 0.480 e. The fraction of sp³-hybridized carbons (Fsp3) is 0.125. The van der Waals surface area contributed by atoms with Gasteiger partial charge in [-0.25, -0.2) is 0 Å². The SMILES string of the molecule is CC(Oc1ccccc1C(N)=O)C(=O)Nc1ccc(Cl)cc1. The molecule has 0 aromatic heterocycles. The lowest BCUT2D eigenvalue weighted by molar-refractivity contribution is -0.122. The van der Waals surface area contributed by atoms with Gasteiger partial charge in [-0.2, -0.15) is 0 Å². The maximum absolute atomic E-state index is 12.1. The number of halogens is 1. The van der Waals surface area contributed by atoms with Crippen molar-refractivity contribution in [2.24, 2.45) is 5.73 Å². The summed E-state index contributed by atoms with van der Waals surface area (Å²) in [4.78, 5) is 23.4. The predicted octanol–water partition coefficient (Wildman–Crippen LogP) is 2.84. The Kier molecular flexibility index (Phi) is 5.01. The van der Waals surface area contributed by atoms with Crippen LogP contribution in [0, 0.1) is 0 Å².